The zero-order valence-electron chi connectivity index (χ0n) is 27.7. The normalized spacial score (nSPS) is 24.0. The molecule has 4 amide bonds. The summed E-state index contributed by atoms with van der Waals surface area (Å²) in [7, 11) is 0. The summed E-state index contributed by atoms with van der Waals surface area (Å²) < 4.78 is 2.13. The van der Waals surface area contributed by atoms with Crippen molar-refractivity contribution in [2.24, 2.45) is 5.92 Å². The molecule has 4 aromatic rings. The Morgan fingerprint density at radius 2 is 1.70 bits per heavy atom. The van der Waals surface area contributed by atoms with E-state index in [4.69, 9.17) is 15.1 Å². The zero-order valence-corrected chi connectivity index (χ0v) is 27.7. The number of rotatable bonds is 9. The quantitative estimate of drug-likeness (QED) is 0.226. The molecule has 13 heteroatoms. The molecule has 1 unspecified atom stereocenters. The van der Waals surface area contributed by atoms with Crippen molar-refractivity contribution in [1.82, 2.24) is 40.2 Å². The molecule has 4 fully saturated rings. The van der Waals surface area contributed by atoms with Crippen LogP contribution in [0.1, 0.15) is 82.5 Å². The van der Waals surface area contributed by atoms with E-state index in [0.717, 1.165) is 104 Å². The van der Waals surface area contributed by atoms with Gasteiger partial charge in [-0.1, -0.05) is 6.07 Å². The van der Waals surface area contributed by atoms with E-state index in [-0.39, 0.29) is 24.0 Å². The van der Waals surface area contributed by atoms with Gasteiger partial charge in [0.1, 0.15) is 6.04 Å². The number of aromatic nitrogens is 4. The number of amides is 4. The average Bonchev–Trinajstić information content (AvgIpc) is 3.81. The van der Waals surface area contributed by atoms with E-state index in [1.54, 1.807) is 18.2 Å². The second kappa shape index (κ2) is 12.4. The summed E-state index contributed by atoms with van der Waals surface area (Å²) >= 11 is 0. The van der Waals surface area contributed by atoms with E-state index in [9.17, 15) is 19.2 Å². The monoisotopic (exact) mass is 673 g/mol. The second-order valence-electron chi connectivity index (χ2n) is 14.4. The topological polar surface area (TPSA) is 154 Å². The van der Waals surface area contributed by atoms with Gasteiger partial charge < -0.3 is 10.6 Å². The Balaban J connectivity index is 0.852. The van der Waals surface area contributed by atoms with Crippen molar-refractivity contribution in [3.05, 3.63) is 71.2 Å². The molecule has 13 nitrogen and oxygen atoms in total. The van der Waals surface area contributed by atoms with Crippen LogP contribution in [0.15, 0.2) is 48.8 Å². The summed E-state index contributed by atoms with van der Waals surface area (Å²) in [5.74, 6) is -1.10. The minimum atomic E-state index is -0.972. The Labute approximate surface area is 288 Å². The van der Waals surface area contributed by atoms with E-state index in [2.05, 4.69) is 49.9 Å². The summed E-state index contributed by atoms with van der Waals surface area (Å²) in [6.45, 7) is 5.80. The van der Waals surface area contributed by atoms with Crippen molar-refractivity contribution in [1.29, 1.82) is 0 Å². The molecule has 2 saturated carbocycles. The Bertz CT molecular complexity index is 2040. The Kier molecular flexibility index (Phi) is 7.69. The molecular formula is C37H39N9O4. The number of nitrogens with zero attached hydrogens (tertiary/aromatic N) is 6. The summed E-state index contributed by atoms with van der Waals surface area (Å²) in [5, 5.41) is 14.2. The minimum absolute atomic E-state index is 0.0938. The van der Waals surface area contributed by atoms with Crippen molar-refractivity contribution < 1.29 is 19.2 Å². The Hall–Kier alpha value is -5.01. The number of carbonyl (C=O) groups is 4. The van der Waals surface area contributed by atoms with Crippen LogP contribution in [0.25, 0.3) is 22.3 Å². The first-order valence-corrected chi connectivity index (χ1v) is 17.8. The van der Waals surface area contributed by atoms with Gasteiger partial charge in [-0.15, -0.1) is 0 Å². The number of carbonyl (C=O) groups excluding carboxylic acids is 4. The van der Waals surface area contributed by atoms with Crippen LogP contribution >= 0.6 is 0 Å². The van der Waals surface area contributed by atoms with Gasteiger partial charge in [-0.2, -0.15) is 5.10 Å². The standard InChI is InChI=1S/C37H39N9O4/c47-33-8-7-32(35(48)42-33)46-36(49)26-5-4-24(16-27(26)37(46)50)39-17-22-13-25(14-22)45-20-28(34(43-45)23-2-3-23)31-18-40-29-6-1-21(15-30(29)41-31)19-44-11-9-38-10-12-44/h1,4-6,15-16,18,20,22-23,25,32,38-39H,2-3,7-14,17,19H2,(H,42,47,48)/t22-,25-,32?. The van der Waals surface area contributed by atoms with Crippen LogP contribution in [-0.2, 0) is 16.1 Å². The van der Waals surface area contributed by atoms with E-state index in [0.29, 0.717) is 17.9 Å². The maximum absolute atomic E-state index is 13.2. The highest BCUT2D eigenvalue weighted by Crippen LogP contribution is 2.45. The van der Waals surface area contributed by atoms with Crippen molar-refractivity contribution >= 4 is 40.3 Å². The van der Waals surface area contributed by atoms with Crippen LogP contribution in [0.5, 0.6) is 0 Å². The van der Waals surface area contributed by atoms with Crippen molar-refractivity contribution in [2.45, 2.75) is 63.1 Å². The van der Waals surface area contributed by atoms with Crippen LogP contribution in [0.3, 0.4) is 0 Å². The zero-order chi connectivity index (χ0) is 33.9. The maximum Gasteiger partial charge on any atom is 0.262 e. The molecule has 2 aromatic carbocycles. The summed E-state index contributed by atoms with van der Waals surface area (Å²) in [6.07, 6.45) is 8.53. The lowest BCUT2D eigenvalue weighted by Crippen LogP contribution is -2.54. The SMILES string of the molecule is O=C1CCC(N2C(=O)c3ccc(NC[C@H]4C[C@H](n5cc(-c6cnc7ccc(CN8CCNCC8)cc7n6)c(C6CC6)n5)C4)cc3C2=O)C(=O)N1. The first-order chi connectivity index (χ1) is 24.4. The molecule has 50 heavy (non-hydrogen) atoms. The molecule has 1 atom stereocenters. The lowest BCUT2D eigenvalue weighted by molar-refractivity contribution is -0.136. The van der Waals surface area contributed by atoms with Gasteiger partial charge in [0.05, 0.1) is 45.8 Å². The number of hydrogen-bond donors (Lipinski definition) is 3. The molecule has 3 aliphatic heterocycles. The number of nitrogens with one attached hydrogen (secondary N) is 3. The number of fused-ring (bicyclic) bond motifs is 2. The molecule has 2 aromatic heterocycles. The first-order valence-electron chi connectivity index (χ1n) is 17.8. The molecule has 2 saturated heterocycles. The van der Waals surface area contributed by atoms with Crippen LogP contribution < -0.4 is 16.0 Å². The fraction of sp³-hybridized carbons (Fsp3) is 0.432. The number of anilines is 1. The molecule has 0 radical (unpaired) electrons. The molecule has 0 spiro atoms. The number of piperidine rings is 1. The predicted molar refractivity (Wildman–Crippen MR) is 184 cm³/mol. The van der Waals surface area contributed by atoms with Gasteiger partial charge in [0.25, 0.3) is 11.8 Å². The molecule has 0 bridgehead atoms. The average molecular weight is 674 g/mol. The third-order valence-electron chi connectivity index (χ3n) is 10.8. The van der Waals surface area contributed by atoms with Crippen LogP contribution in [0, 0.1) is 5.92 Å². The van der Waals surface area contributed by atoms with Gasteiger partial charge in [-0.05, 0) is 73.9 Å². The molecule has 256 valence electrons. The molecule has 5 aliphatic rings. The largest absolute Gasteiger partial charge is 0.385 e. The summed E-state index contributed by atoms with van der Waals surface area (Å²) in [6, 6.07) is 10.9. The van der Waals surface area contributed by atoms with E-state index in [1.807, 2.05) is 6.20 Å². The predicted octanol–water partition coefficient (Wildman–Crippen LogP) is 3.24. The Morgan fingerprint density at radius 1 is 0.880 bits per heavy atom. The highest BCUT2D eigenvalue weighted by atomic mass is 16.2. The summed E-state index contributed by atoms with van der Waals surface area (Å²) in [5.41, 5.74) is 7.47. The van der Waals surface area contributed by atoms with Crippen LogP contribution in [-0.4, -0.2) is 91.9 Å². The van der Waals surface area contributed by atoms with Crippen molar-refractivity contribution in [3.8, 4) is 11.3 Å². The first kappa shape index (κ1) is 31.0. The van der Waals surface area contributed by atoms with Gasteiger partial charge in [0.15, 0.2) is 0 Å². The van der Waals surface area contributed by atoms with Crippen LogP contribution in [0.2, 0.25) is 0 Å². The van der Waals surface area contributed by atoms with E-state index < -0.39 is 29.7 Å². The molecule has 9 rings (SSSR count). The number of piperazine rings is 1. The minimum Gasteiger partial charge on any atom is -0.385 e. The van der Waals surface area contributed by atoms with Crippen LogP contribution in [0.4, 0.5) is 5.69 Å². The number of hydrogen-bond acceptors (Lipinski definition) is 10. The van der Waals surface area contributed by atoms with Gasteiger partial charge in [0, 0.05) is 69.1 Å². The molecule has 3 N–H and O–H groups in total. The fourth-order valence-electron chi connectivity index (χ4n) is 7.79. The number of imide groups is 2. The Morgan fingerprint density at radius 3 is 2.50 bits per heavy atom. The van der Waals surface area contributed by atoms with Gasteiger partial charge in [-0.25, -0.2) is 4.98 Å². The highest BCUT2D eigenvalue weighted by molar-refractivity contribution is 6.23. The smallest absolute Gasteiger partial charge is 0.262 e. The maximum atomic E-state index is 13.2. The van der Waals surface area contributed by atoms with Gasteiger partial charge >= 0.3 is 0 Å². The van der Waals surface area contributed by atoms with Crippen molar-refractivity contribution in [3.63, 3.8) is 0 Å². The molecule has 5 heterocycles. The molecule has 2 aliphatic carbocycles. The van der Waals surface area contributed by atoms with Crippen molar-refractivity contribution in [2.75, 3.05) is 38.0 Å². The fourth-order valence-corrected chi connectivity index (χ4v) is 7.79. The highest BCUT2D eigenvalue weighted by Gasteiger charge is 2.44. The van der Waals surface area contributed by atoms with Gasteiger partial charge in [0.2, 0.25) is 11.8 Å². The third kappa shape index (κ3) is 5.73. The van der Waals surface area contributed by atoms with E-state index >= 15 is 0 Å². The number of benzene rings is 2. The summed E-state index contributed by atoms with van der Waals surface area (Å²) in [4.78, 5) is 63.6. The lowest BCUT2D eigenvalue weighted by Gasteiger charge is -2.35. The lowest BCUT2D eigenvalue weighted by atomic mass is 9.80. The molecular weight excluding hydrogens is 634 g/mol. The van der Waals surface area contributed by atoms with Gasteiger partial charge in [-0.3, -0.25) is 44.0 Å². The second-order valence-corrected chi connectivity index (χ2v) is 14.4. The van der Waals surface area contributed by atoms with E-state index in [1.165, 1.54) is 5.56 Å². The third-order valence-corrected chi connectivity index (χ3v) is 10.8.